The summed E-state index contributed by atoms with van der Waals surface area (Å²) in [6.07, 6.45) is 8.95. The number of anilines is 1. The van der Waals surface area contributed by atoms with E-state index in [0.29, 0.717) is 24.5 Å². The summed E-state index contributed by atoms with van der Waals surface area (Å²) in [7, 11) is 0. The third-order valence-electron chi connectivity index (χ3n) is 4.69. The highest BCUT2D eigenvalue weighted by Crippen LogP contribution is 2.38. The van der Waals surface area contributed by atoms with Gasteiger partial charge >= 0.3 is 0 Å². The number of rotatable bonds is 2. The molecule has 3 fully saturated rings. The smallest absolute Gasteiger partial charge is 0.239 e. The van der Waals surface area contributed by atoms with E-state index in [1.165, 1.54) is 25.7 Å². The molecule has 2 heterocycles. The fraction of sp³-hybridized carbons (Fsp3) is 0.667. The zero-order valence-corrected chi connectivity index (χ0v) is 11.6. The van der Waals surface area contributed by atoms with Gasteiger partial charge in [-0.1, -0.05) is 12.8 Å². The average Bonchev–Trinajstić information content (AvgIpc) is 3.31. The number of piperazine rings is 1. The number of nitrogens with zero attached hydrogens (tertiary/aromatic N) is 3. The maximum absolute atomic E-state index is 11.9. The van der Waals surface area contributed by atoms with Crippen LogP contribution in [-0.2, 0) is 4.79 Å². The van der Waals surface area contributed by atoms with Gasteiger partial charge in [-0.05, 0) is 31.7 Å². The Morgan fingerprint density at radius 1 is 1.20 bits per heavy atom. The first-order valence-corrected chi connectivity index (χ1v) is 7.70. The lowest BCUT2D eigenvalue weighted by atomic mass is 9.87. The molecular formula is C15H20N4O. The Morgan fingerprint density at radius 3 is 2.90 bits per heavy atom. The largest absolute Gasteiger partial charge is 0.350 e. The summed E-state index contributed by atoms with van der Waals surface area (Å²) < 4.78 is 0. The van der Waals surface area contributed by atoms with E-state index < -0.39 is 0 Å². The predicted octanol–water partition coefficient (Wildman–Crippen LogP) is 1.60. The molecule has 0 aromatic carbocycles. The molecule has 2 saturated carbocycles. The molecule has 2 atom stereocenters. The van der Waals surface area contributed by atoms with E-state index in [-0.39, 0.29) is 5.91 Å². The van der Waals surface area contributed by atoms with Gasteiger partial charge in [0, 0.05) is 18.2 Å². The second-order valence-electron chi connectivity index (χ2n) is 6.20. The van der Waals surface area contributed by atoms with Gasteiger partial charge in [0.15, 0.2) is 0 Å². The number of carbonyl (C=O) groups is 1. The van der Waals surface area contributed by atoms with Crippen molar-refractivity contribution < 1.29 is 4.79 Å². The highest BCUT2D eigenvalue weighted by Gasteiger charge is 2.37. The van der Waals surface area contributed by atoms with E-state index >= 15 is 0 Å². The summed E-state index contributed by atoms with van der Waals surface area (Å²) >= 11 is 0. The van der Waals surface area contributed by atoms with Gasteiger partial charge in [-0.3, -0.25) is 4.79 Å². The van der Waals surface area contributed by atoms with Gasteiger partial charge in [0.1, 0.15) is 11.6 Å². The van der Waals surface area contributed by atoms with Crippen molar-refractivity contribution in [2.45, 2.75) is 56.5 Å². The Morgan fingerprint density at radius 2 is 2.05 bits per heavy atom. The van der Waals surface area contributed by atoms with Crippen LogP contribution in [0.1, 0.15) is 50.3 Å². The van der Waals surface area contributed by atoms with Crippen molar-refractivity contribution in [1.29, 1.82) is 0 Å². The van der Waals surface area contributed by atoms with Gasteiger partial charge in [0.25, 0.3) is 0 Å². The molecule has 4 rings (SSSR count). The maximum Gasteiger partial charge on any atom is 0.239 e. The molecule has 20 heavy (non-hydrogen) atoms. The van der Waals surface area contributed by atoms with Crippen LogP contribution in [0, 0.1) is 0 Å². The molecule has 1 aromatic heterocycles. The fourth-order valence-corrected chi connectivity index (χ4v) is 3.49. The van der Waals surface area contributed by atoms with Crippen LogP contribution in [0.2, 0.25) is 0 Å². The number of fused-ring (bicyclic) bond motifs is 1. The maximum atomic E-state index is 11.9. The molecule has 106 valence electrons. The molecule has 0 radical (unpaired) electrons. The quantitative estimate of drug-likeness (QED) is 0.888. The molecule has 1 saturated heterocycles. The van der Waals surface area contributed by atoms with E-state index in [4.69, 9.17) is 4.98 Å². The predicted molar refractivity (Wildman–Crippen MR) is 75.5 cm³/mol. The summed E-state index contributed by atoms with van der Waals surface area (Å²) in [4.78, 5) is 23.2. The van der Waals surface area contributed by atoms with Crippen LogP contribution in [0.15, 0.2) is 12.3 Å². The Labute approximate surface area is 118 Å². The summed E-state index contributed by atoms with van der Waals surface area (Å²) in [5, 5.41) is 3.14. The van der Waals surface area contributed by atoms with Crippen LogP contribution in [-0.4, -0.2) is 34.5 Å². The molecule has 2 aliphatic carbocycles. The van der Waals surface area contributed by atoms with Crippen LogP contribution in [0.25, 0.3) is 0 Å². The number of hydrogen-bond donors (Lipinski definition) is 1. The second kappa shape index (κ2) is 4.72. The SMILES string of the molecule is O=C1CN(c2ccnc(C3CC3)n2)[C@H]2CCCC[C@H]2N1. The zero-order valence-electron chi connectivity index (χ0n) is 11.6. The van der Waals surface area contributed by atoms with Gasteiger partial charge in [-0.15, -0.1) is 0 Å². The van der Waals surface area contributed by atoms with E-state index in [0.717, 1.165) is 24.5 Å². The fourth-order valence-electron chi connectivity index (χ4n) is 3.49. The van der Waals surface area contributed by atoms with Crippen molar-refractivity contribution in [2.75, 3.05) is 11.4 Å². The van der Waals surface area contributed by atoms with Crippen molar-refractivity contribution in [3.8, 4) is 0 Å². The average molecular weight is 272 g/mol. The van der Waals surface area contributed by atoms with Crippen molar-refractivity contribution in [2.24, 2.45) is 0 Å². The molecular weight excluding hydrogens is 252 g/mol. The molecule has 0 unspecified atom stereocenters. The van der Waals surface area contributed by atoms with E-state index in [1.807, 2.05) is 12.3 Å². The third kappa shape index (κ3) is 2.15. The van der Waals surface area contributed by atoms with Gasteiger partial charge in [-0.25, -0.2) is 9.97 Å². The zero-order chi connectivity index (χ0) is 13.5. The molecule has 1 amide bonds. The Hall–Kier alpha value is -1.65. The summed E-state index contributed by atoms with van der Waals surface area (Å²) in [5.74, 6) is 2.57. The van der Waals surface area contributed by atoms with Crippen molar-refractivity contribution in [1.82, 2.24) is 15.3 Å². The Balaban J connectivity index is 1.64. The molecule has 1 aromatic rings. The summed E-state index contributed by atoms with van der Waals surface area (Å²) in [6, 6.07) is 2.66. The van der Waals surface area contributed by atoms with E-state index in [1.54, 1.807) is 0 Å². The lowest BCUT2D eigenvalue weighted by Gasteiger charge is -2.44. The third-order valence-corrected chi connectivity index (χ3v) is 4.69. The molecule has 5 heteroatoms. The number of carbonyl (C=O) groups excluding carboxylic acids is 1. The number of amides is 1. The number of aromatic nitrogens is 2. The van der Waals surface area contributed by atoms with E-state index in [2.05, 4.69) is 15.2 Å². The molecule has 1 N–H and O–H groups in total. The van der Waals surface area contributed by atoms with Gasteiger partial charge in [0.2, 0.25) is 5.91 Å². The van der Waals surface area contributed by atoms with Gasteiger partial charge in [0.05, 0.1) is 12.6 Å². The Kier molecular flexibility index (Phi) is 2.86. The van der Waals surface area contributed by atoms with Crippen molar-refractivity contribution in [3.63, 3.8) is 0 Å². The minimum Gasteiger partial charge on any atom is -0.350 e. The molecule has 1 aliphatic heterocycles. The molecule has 0 bridgehead atoms. The lowest BCUT2D eigenvalue weighted by Crippen LogP contribution is -2.62. The first-order chi connectivity index (χ1) is 9.81. The molecule has 0 spiro atoms. The first kappa shape index (κ1) is 12.1. The van der Waals surface area contributed by atoms with Crippen LogP contribution in [0.3, 0.4) is 0 Å². The van der Waals surface area contributed by atoms with Crippen LogP contribution >= 0.6 is 0 Å². The van der Waals surface area contributed by atoms with Crippen molar-refractivity contribution >= 4 is 11.7 Å². The number of hydrogen-bond acceptors (Lipinski definition) is 4. The lowest BCUT2D eigenvalue weighted by molar-refractivity contribution is -0.122. The van der Waals surface area contributed by atoms with E-state index in [9.17, 15) is 4.79 Å². The number of nitrogens with one attached hydrogen (secondary N) is 1. The first-order valence-electron chi connectivity index (χ1n) is 7.70. The molecule has 3 aliphatic rings. The van der Waals surface area contributed by atoms with Gasteiger partial charge < -0.3 is 10.2 Å². The molecule has 5 nitrogen and oxygen atoms in total. The summed E-state index contributed by atoms with van der Waals surface area (Å²) in [5.41, 5.74) is 0. The standard InChI is InChI=1S/C15H20N4O/c20-14-9-19(12-4-2-1-3-11(12)17-14)13-7-8-16-15(18-13)10-5-6-10/h7-8,10-12H,1-6,9H2,(H,17,20)/t11-,12+/m1/s1. The minimum atomic E-state index is 0.125. The minimum absolute atomic E-state index is 0.125. The topological polar surface area (TPSA) is 58.1 Å². The van der Waals surface area contributed by atoms with Gasteiger partial charge in [-0.2, -0.15) is 0 Å². The monoisotopic (exact) mass is 272 g/mol. The Bertz CT molecular complexity index is 528. The van der Waals surface area contributed by atoms with Crippen LogP contribution < -0.4 is 10.2 Å². The normalized spacial score (nSPS) is 29.8. The second-order valence-corrected chi connectivity index (χ2v) is 6.20. The summed E-state index contributed by atoms with van der Waals surface area (Å²) in [6.45, 7) is 0.433. The highest BCUT2D eigenvalue weighted by molar-refractivity contribution is 5.83. The highest BCUT2D eigenvalue weighted by atomic mass is 16.2. The van der Waals surface area contributed by atoms with Crippen molar-refractivity contribution in [3.05, 3.63) is 18.1 Å². The van der Waals surface area contributed by atoms with Crippen LogP contribution in [0.5, 0.6) is 0 Å². The van der Waals surface area contributed by atoms with Crippen LogP contribution in [0.4, 0.5) is 5.82 Å².